The summed E-state index contributed by atoms with van der Waals surface area (Å²) in [6, 6.07) is 0. The highest BCUT2D eigenvalue weighted by Crippen LogP contribution is 2.70. The van der Waals surface area contributed by atoms with Gasteiger partial charge in [0, 0.05) is 23.7 Å². The Kier molecular flexibility index (Phi) is 4.97. The maximum absolute atomic E-state index is 13.1. The first-order chi connectivity index (χ1) is 14.3. The van der Waals surface area contributed by atoms with Crippen LogP contribution in [0.3, 0.4) is 0 Å². The molecular formula is C24H29ClO6. The minimum Gasteiger partial charge on any atom is -0.458 e. The van der Waals surface area contributed by atoms with Crippen molar-refractivity contribution in [2.24, 2.45) is 28.6 Å². The molecule has 0 bridgehead atoms. The molecule has 0 aromatic heterocycles. The van der Waals surface area contributed by atoms with E-state index in [2.05, 4.69) is 0 Å². The summed E-state index contributed by atoms with van der Waals surface area (Å²) in [5.74, 6) is -2.18. The van der Waals surface area contributed by atoms with Crippen molar-refractivity contribution < 1.29 is 29.3 Å². The van der Waals surface area contributed by atoms with E-state index in [1.165, 1.54) is 13.0 Å². The van der Waals surface area contributed by atoms with Gasteiger partial charge in [0.25, 0.3) is 0 Å². The maximum atomic E-state index is 13.1. The number of Topliss-reactive ketones (excluding diaryl/α,β-unsaturated/α-hetero) is 1. The van der Waals surface area contributed by atoms with E-state index in [4.69, 9.17) is 16.3 Å². The van der Waals surface area contributed by atoms with E-state index < -0.39 is 51.7 Å². The van der Waals surface area contributed by atoms with E-state index in [0.717, 1.165) is 5.57 Å². The SMILES string of the molecule is CC(=O)OCC(=O)[C@@]1(O)[C@@H](C)C[C@H]2[C@@H]3C=CC4=CC(=O)C=C[C@]4(C)[C@@]3(Cl)[C@@H](O)C[C@@]21C. The summed E-state index contributed by atoms with van der Waals surface area (Å²) < 4.78 is 4.90. The number of ketones is 2. The van der Waals surface area contributed by atoms with Crippen molar-refractivity contribution in [2.45, 2.75) is 57.1 Å². The Morgan fingerprint density at radius 2 is 1.97 bits per heavy atom. The van der Waals surface area contributed by atoms with Crippen LogP contribution in [0.5, 0.6) is 0 Å². The highest BCUT2D eigenvalue weighted by atomic mass is 35.5. The zero-order valence-corrected chi connectivity index (χ0v) is 19.0. The van der Waals surface area contributed by atoms with E-state index in [9.17, 15) is 24.6 Å². The lowest BCUT2D eigenvalue weighted by Gasteiger charge is -2.62. The van der Waals surface area contributed by atoms with Crippen LogP contribution in [0, 0.1) is 28.6 Å². The van der Waals surface area contributed by atoms with Gasteiger partial charge in [-0.25, -0.2) is 0 Å². The molecule has 0 radical (unpaired) electrons. The molecule has 0 aromatic rings. The molecule has 0 unspecified atom stereocenters. The van der Waals surface area contributed by atoms with E-state index >= 15 is 0 Å². The van der Waals surface area contributed by atoms with Crippen LogP contribution in [0.1, 0.15) is 40.5 Å². The average Bonchev–Trinajstić information content (AvgIpc) is 2.89. The number of alkyl halides is 1. The Morgan fingerprint density at radius 1 is 1.29 bits per heavy atom. The fourth-order valence-corrected chi connectivity index (χ4v) is 7.36. The van der Waals surface area contributed by atoms with Gasteiger partial charge < -0.3 is 14.9 Å². The van der Waals surface area contributed by atoms with Gasteiger partial charge in [0.15, 0.2) is 12.4 Å². The summed E-state index contributed by atoms with van der Waals surface area (Å²) in [7, 11) is 0. The fourth-order valence-electron chi connectivity index (χ4n) is 6.88. The van der Waals surface area contributed by atoms with Gasteiger partial charge in [-0.2, -0.15) is 0 Å². The lowest BCUT2D eigenvalue weighted by Crippen LogP contribution is -2.68. The van der Waals surface area contributed by atoms with Gasteiger partial charge in [-0.3, -0.25) is 14.4 Å². The average molecular weight is 449 g/mol. The van der Waals surface area contributed by atoms with E-state index in [1.807, 2.05) is 32.9 Å². The number of esters is 1. The number of carbonyl (C=O) groups is 3. The predicted octanol–water partition coefficient (Wildman–Crippen LogP) is 2.51. The normalized spacial score (nSPS) is 47.8. The molecule has 4 rings (SSSR count). The molecule has 2 saturated carbocycles. The number of allylic oxidation sites excluding steroid dienone is 6. The number of ether oxygens (including phenoxy) is 1. The number of carbonyl (C=O) groups excluding carboxylic acids is 3. The van der Waals surface area contributed by atoms with E-state index in [-0.39, 0.29) is 24.0 Å². The Balaban J connectivity index is 1.80. The molecule has 2 N–H and O–H groups in total. The van der Waals surface area contributed by atoms with Crippen LogP contribution in [-0.4, -0.2) is 50.9 Å². The van der Waals surface area contributed by atoms with Gasteiger partial charge in [-0.05, 0) is 42.4 Å². The third-order valence-electron chi connectivity index (χ3n) is 8.62. The summed E-state index contributed by atoms with van der Waals surface area (Å²) in [5, 5.41) is 23.2. The van der Waals surface area contributed by atoms with Crippen molar-refractivity contribution in [2.75, 3.05) is 6.61 Å². The minimum atomic E-state index is -1.75. The van der Waals surface area contributed by atoms with Crippen molar-refractivity contribution in [3.63, 3.8) is 0 Å². The van der Waals surface area contributed by atoms with Gasteiger partial charge in [0.05, 0.1) is 11.0 Å². The first kappa shape index (κ1) is 22.4. The molecule has 0 aromatic carbocycles. The van der Waals surface area contributed by atoms with Crippen LogP contribution in [-0.2, 0) is 19.1 Å². The Bertz CT molecular complexity index is 952. The van der Waals surface area contributed by atoms with Gasteiger partial charge in [0.2, 0.25) is 5.78 Å². The van der Waals surface area contributed by atoms with Gasteiger partial charge in [0.1, 0.15) is 5.60 Å². The van der Waals surface area contributed by atoms with Crippen molar-refractivity contribution in [1.82, 2.24) is 0 Å². The molecular weight excluding hydrogens is 420 g/mol. The third-order valence-corrected chi connectivity index (χ3v) is 9.52. The van der Waals surface area contributed by atoms with Crippen LogP contribution in [0.15, 0.2) is 36.0 Å². The van der Waals surface area contributed by atoms with Crippen molar-refractivity contribution in [1.29, 1.82) is 0 Å². The van der Waals surface area contributed by atoms with Crippen LogP contribution in [0.4, 0.5) is 0 Å². The number of hydrogen-bond acceptors (Lipinski definition) is 6. The zero-order valence-electron chi connectivity index (χ0n) is 18.2. The summed E-state index contributed by atoms with van der Waals surface area (Å²) in [5.41, 5.74) is -2.73. The van der Waals surface area contributed by atoms with Crippen LogP contribution in [0.25, 0.3) is 0 Å². The third kappa shape index (κ3) is 2.68. The lowest BCUT2D eigenvalue weighted by atomic mass is 9.47. The maximum Gasteiger partial charge on any atom is 0.303 e. The highest BCUT2D eigenvalue weighted by Gasteiger charge is 2.74. The molecule has 0 amide bonds. The molecule has 0 aliphatic heterocycles. The molecule has 0 heterocycles. The molecule has 0 spiro atoms. The fraction of sp³-hybridized carbons (Fsp3) is 0.625. The smallest absolute Gasteiger partial charge is 0.303 e. The van der Waals surface area contributed by atoms with Crippen LogP contribution < -0.4 is 0 Å². The van der Waals surface area contributed by atoms with Crippen molar-refractivity contribution >= 4 is 29.1 Å². The number of rotatable bonds is 3. The Hall–Kier alpha value is -1.76. The molecule has 8 atom stereocenters. The van der Waals surface area contributed by atoms with Gasteiger partial charge in [-0.15, -0.1) is 11.6 Å². The molecule has 168 valence electrons. The largest absolute Gasteiger partial charge is 0.458 e. The minimum absolute atomic E-state index is 0.114. The molecule has 31 heavy (non-hydrogen) atoms. The number of halogens is 1. The van der Waals surface area contributed by atoms with Crippen LogP contribution >= 0.6 is 11.6 Å². The van der Waals surface area contributed by atoms with Crippen molar-refractivity contribution in [3.05, 3.63) is 36.0 Å². The quantitative estimate of drug-likeness (QED) is 0.508. The molecule has 4 aliphatic carbocycles. The van der Waals surface area contributed by atoms with E-state index in [0.29, 0.717) is 6.42 Å². The van der Waals surface area contributed by atoms with Crippen LogP contribution in [0.2, 0.25) is 0 Å². The Morgan fingerprint density at radius 3 is 2.61 bits per heavy atom. The summed E-state index contributed by atoms with van der Waals surface area (Å²) >= 11 is 7.30. The number of aliphatic hydroxyl groups is 2. The number of hydrogen-bond donors (Lipinski definition) is 2. The molecule has 4 aliphatic rings. The monoisotopic (exact) mass is 448 g/mol. The Labute approximate surface area is 187 Å². The van der Waals surface area contributed by atoms with E-state index in [1.54, 1.807) is 12.2 Å². The lowest BCUT2D eigenvalue weighted by molar-refractivity contribution is -0.178. The highest BCUT2D eigenvalue weighted by molar-refractivity contribution is 6.26. The molecule has 7 heteroatoms. The second-order valence-electron chi connectivity index (χ2n) is 10.0. The second-order valence-corrected chi connectivity index (χ2v) is 10.7. The zero-order chi connectivity index (χ0) is 23.0. The summed E-state index contributed by atoms with van der Waals surface area (Å²) in [6.45, 7) is 6.28. The first-order valence-electron chi connectivity index (χ1n) is 10.7. The molecule has 0 saturated heterocycles. The van der Waals surface area contributed by atoms with Crippen molar-refractivity contribution in [3.8, 4) is 0 Å². The first-order valence-corrected chi connectivity index (χ1v) is 11.1. The molecule has 2 fully saturated rings. The standard InChI is InChI=1S/C24H29ClO6/c1-13-9-18-17-6-5-15-10-16(27)7-8-21(15,3)23(17,25)19(28)11-22(18,4)24(13,30)20(29)12-31-14(2)26/h5-8,10,13,17-19,28,30H,9,11-12H2,1-4H3/t13-,17-,18-,19-,21-,22-,23-,24-/m0/s1. The number of aliphatic hydroxyl groups excluding tert-OH is 1. The predicted molar refractivity (Wildman–Crippen MR) is 114 cm³/mol. The topological polar surface area (TPSA) is 101 Å². The van der Waals surface area contributed by atoms with Gasteiger partial charge >= 0.3 is 5.97 Å². The summed E-state index contributed by atoms with van der Waals surface area (Å²) in [4.78, 5) is 35.1. The number of fused-ring (bicyclic) bond motifs is 5. The van der Waals surface area contributed by atoms with Gasteiger partial charge in [-0.1, -0.05) is 39.0 Å². The molecule has 6 nitrogen and oxygen atoms in total. The second kappa shape index (κ2) is 6.87. The summed E-state index contributed by atoms with van der Waals surface area (Å²) in [6.07, 6.45) is 8.22.